The molecule has 4 heteroatoms. The number of hydrogen-bond acceptors (Lipinski definition) is 3. The summed E-state index contributed by atoms with van der Waals surface area (Å²) in [7, 11) is 1.53. The van der Waals surface area contributed by atoms with Crippen LogP contribution in [0.3, 0.4) is 0 Å². The molecule has 0 heterocycles. The van der Waals surface area contributed by atoms with Crippen molar-refractivity contribution in [2.75, 3.05) is 20.5 Å². The molecule has 0 aliphatic heterocycles. The summed E-state index contributed by atoms with van der Waals surface area (Å²) in [4.78, 5) is 0. The summed E-state index contributed by atoms with van der Waals surface area (Å²) in [6.07, 6.45) is 1.74. The van der Waals surface area contributed by atoms with Gasteiger partial charge in [-0.3, -0.25) is 0 Å². The first-order chi connectivity index (χ1) is 7.72. The number of benzene rings is 1. The van der Waals surface area contributed by atoms with Gasteiger partial charge in [-0.15, -0.1) is 0 Å². The number of halogens is 1. The first-order valence-electron chi connectivity index (χ1n) is 5.24. The highest BCUT2D eigenvalue weighted by molar-refractivity contribution is 5.43. The van der Waals surface area contributed by atoms with E-state index in [9.17, 15) is 9.50 Å². The molecule has 1 aliphatic carbocycles. The smallest absolute Gasteiger partial charge is 0.188 e. The molecule has 0 saturated heterocycles. The van der Waals surface area contributed by atoms with Crippen molar-refractivity contribution < 1.29 is 19.0 Å². The molecule has 16 heavy (non-hydrogen) atoms. The van der Waals surface area contributed by atoms with Crippen LogP contribution in [-0.4, -0.2) is 25.6 Å². The average molecular weight is 226 g/mol. The molecule has 0 aromatic heterocycles. The highest BCUT2D eigenvalue weighted by atomic mass is 19.1. The second-order valence-electron chi connectivity index (χ2n) is 4.13. The van der Waals surface area contributed by atoms with Crippen LogP contribution in [0.1, 0.15) is 18.4 Å². The second-order valence-corrected chi connectivity index (χ2v) is 4.13. The van der Waals surface area contributed by atoms with E-state index in [4.69, 9.17) is 9.47 Å². The number of hydrogen-bond donors (Lipinski definition) is 1. The van der Waals surface area contributed by atoms with E-state index in [-0.39, 0.29) is 24.6 Å². The maximum atomic E-state index is 13.2. The molecular weight excluding hydrogens is 211 g/mol. The van der Waals surface area contributed by atoms with Crippen molar-refractivity contribution in [2.24, 2.45) is 0 Å². The summed E-state index contributed by atoms with van der Waals surface area (Å²) < 4.78 is 23.4. The Balaban J connectivity index is 2.29. The van der Waals surface area contributed by atoms with E-state index in [1.54, 1.807) is 6.07 Å². The van der Waals surface area contributed by atoms with E-state index in [0.717, 1.165) is 18.4 Å². The number of aliphatic hydroxyl groups is 1. The molecule has 0 spiro atoms. The largest absolute Gasteiger partial charge is 0.467 e. The topological polar surface area (TPSA) is 38.7 Å². The molecule has 1 aromatic rings. The van der Waals surface area contributed by atoms with Crippen LogP contribution in [0.5, 0.6) is 5.75 Å². The number of aliphatic hydroxyl groups excluding tert-OH is 1. The van der Waals surface area contributed by atoms with E-state index >= 15 is 0 Å². The quantitative estimate of drug-likeness (QED) is 0.778. The molecule has 0 amide bonds. The van der Waals surface area contributed by atoms with Crippen molar-refractivity contribution in [1.82, 2.24) is 0 Å². The molecular formula is C12H15FO3. The van der Waals surface area contributed by atoms with Crippen LogP contribution in [-0.2, 0) is 10.2 Å². The molecule has 1 fully saturated rings. The summed E-state index contributed by atoms with van der Waals surface area (Å²) in [5.74, 6) is 0.286. The zero-order chi connectivity index (χ0) is 11.6. The van der Waals surface area contributed by atoms with Gasteiger partial charge in [-0.2, -0.15) is 0 Å². The van der Waals surface area contributed by atoms with E-state index < -0.39 is 0 Å². The Morgan fingerprint density at radius 2 is 2.19 bits per heavy atom. The van der Waals surface area contributed by atoms with Crippen molar-refractivity contribution in [1.29, 1.82) is 0 Å². The van der Waals surface area contributed by atoms with Crippen LogP contribution in [0.15, 0.2) is 18.2 Å². The van der Waals surface area contributed by atoms with E-state index in [1.807, 2.05) is 0 Å². The Morgan fingerprint density at radius 1 is 1.44 bits per heavy atom. The predicted octanol–water partition coefficient (Wildman–Crippen LogP) is 1.83. The van der Waals surface area contributed by atoms with Gasteiger partial charge in [0.2, 0.25) is 0 Å². The van der Waals surface area contributed by atoms with Gasteiger partial charge < -0.3 is 14.6 Å². The van der Waals surface area contributed by atoms with Crippen LogP contribution >= 0.6 is 0 Å². The van der Waals surface area contributed by atoms with Crippen LogP contribution in [0.25, 0.3) is 0 Å². The molecule has 0 bridgehead atoms. The molecule has 1 N–H and O–H groups in total. The summed E-state index contributed by atoms with van der Waals surface area (Å²) in [5, 5.41) is 9.34. The molecule has 0 atom stereocenters. The van der Waals surface area contributed by atoms with Crippen LogP contribution in [0.4, 0.5) is 4.39 Å². The maximum Gasteiger partial charge on any atom is 0.188 e. The first-order valence-corrected chi connectivity index (χ1v) is 5.24. The fraction of sp³-hybridized carbons (Fsp3) is 0.500. The van der Waals surface area contributed by atoms with Gasteiger partial charge >= 0.3 is 0 Å². The van der Waals surface area contributed by atoms with E-state index in [1.165, 1.54) is 19.2 Å². The molecule has 3 nitrogen and oxygen atoms in total. The van der Waals surface area contributed by atoms with E-state index in [2.05, 4.69) is 0 Å². The highest BCUT2D eigenvalue weighted by Crippen LogP contribution is 2.50. The number of rotatable bonds is 5. The number of methoxy groups -OCH3 is 1. The summed E-state index contributed by atoms with van der Waals surface area (Å²) in [6, 6.07) is 4.37. The van der Waals surface area contributed by atoms with Gasteiger partial charge in [0, 0.05) is 18.1 Å². The molecule has 1 saturated carbocycles. The molecule has 1 aliphatic rings. The van der Waals surface area contributed by atoms with Crippen LogP contribution in [0.2, 0.25) is 0 Å². The minimum Gasteiger partial charge on any atom is -0.467 e. The molecule has 88 valence electrons. The minimum atomic E-state index is -0.306. The Morgan fingerprint density at radius 3 is 2.75 bits per heavy atom. The second kappa shape index (κ2) is 4.39. The number of ether oxygens (including phenoxy) is 2. The maximum absolute atomic E-state index is 13.2. The first kappa shape index (κ1) is 11.4. The predicted molar refractivity (Wildman–Crippen MR) is 56.9 cm³/mol. The Labute approximate surface area is 93.8 Å². The van der Waals surface area contributed by atoms with Gasteiger partial charge in [-0.25, -0.2) is 4.39 Å². The zero-order valence-electron chi connectivity index (χ0n) is 9.20. The fourth-order valence-electron chi connectivity index (χ4n) is 1.83. The lowest BCUT2D eigenvalue weighted by Gasteiger charge is -2.17. The lowest BCUT2D eigenvalue weighted by atomic mass is 9.96. The lowest BCUT2D eigenvalue weighted by molar-refractivity contribution is 0.0496. The van der Waals surface area contributed by atoms with Gasteiger partial charge in [-0.05, 0) is 31.0 Å². The van der Waals surface area contributed by atoms with Gasteiger partial charge in [0.15, 0.2) is 6.79 Å². The zero-order valence-corrected chi connectivity index (χ0v) is 9.20. The third-order valence-electron chi connectivity index (χ3n) is 3.00. The fourth-order valence-corrected chi connectivity index (χ4v) is 1.83. The Bertz CT molecular complexity index is 375. The van der Waals surface area contributed by atoms with Crippen LogP contribution < -0.4 is 4.74 Å². The lowest BCUT2D eigenvalue weighted by Crippen LogP contribution is -2.15. The highest BCUT2D eigenvalue weighted by Gasteiger charge is 2.45. The van der Waals surface area contributed by atoms with Crippen molar-refractivity contribution in [3.63, 3.8) is 0 Å². The summed E-state index contributed by atoms with van der Waals surface area (Å²) in [6.45, 7) is 0.153. The molecule has 2 rings (SSSR count). The van der Waals surface area contributed by atoms with Crippen LogP contribution in [0, 0.1) is 5.82 Å². The molecule has 0 unspecified atom stereocenters. The summed E-state index contributed by atoms with van der Waals surface area (Å²) in [5.41, 5.74) is 0.442. The summed E-state index contributed by atoms with van der Waals surface area (Å²) >= 11 is 0. The van der Waals surface area contributed by atoms with Gasteiger partial charge in [0.25, 0.3) is 0 Å². The third kappa shape index (κ3) is 2.03. The SMILES string of the molecule is COCOc1ccc(F)cc1C1(CO)CC1. The van der Waals surface area contributed by atoms with Crippen molar-refractivity contribution >= 4 is 0 Å². The molecule has 1 aromatic carbocycles. The minimum absolute atomic E-state index is 0.0276. The monoisotopic (exact) mass is 226 g/mol. The van der Waals surface area contributed by atoms with E-state index in [0.29, 0.717) is 5.75 Å². The Hall–Kier alpha value is -1.13. The Kier molecular flexibility index (Phi) is 3.12. The average Bonchev–Trinajstić information content (AvgIpc) is 3.08. The van der Waals surface area contributed by atoms with Gasteiger partial charge in [-0.1, -0.05) is 0 Å². The normalized spacial score (nSPS) is 17.2. The van der Waals surface area contributed by atoms with Gasteiger partial charge in [0.1, 0.15) is 11.6 Å². The van der Waals surface area contributed by atoms with Crippen molar-refractivity contribution in [3.8, 4) is 5.75 Å². The molecule has 0 radical (unpaired) electrons. The van der Waals surface area contributed by atoms with Crippen molar-refractivity contribution in [2.45, 2.75) is 18.3 Å². The van der Waals surface area contributed by atoms with Gasteiger partial charge in [0.05, 0.1) is 6.61 Å². The third-order valence-corrected chi connectivity index (χ3v) is 3.00. The van der Waals surface area contributed by atoms with Crippen molar-refractivity contribution in [3.05, 3.63) is 29.6 Å². The standard InChI is InChI=1S/C12H15FO3/c1-15-8-16-11-3-2-9(13)6-10(11)12(7-14)4-5-12/h2-3,6,14H,4-5,7-8H2,1H3.